The summed E-state index contributed by atoms with van der Waals surface area (Å²) < 4.78 is 5.35. The van der Waals surface area contributed by atoms with Crippen LogP contribution in [0.4, 0.5) is 0 Å². The summed E-state index contributed by atoms with van der Waals surface area (Å²) in [5.74, 6) is -0.739. The molecular weight excluding hydrogens is 208 g/mol. The molecule has 0 amide bonds. The summed E-state index contributed by atoms with van der Waals surface area (Å²) in [7, 11) is 0. The van der Waals surface area contributed by atoms with E-state index in [2.05, 4.69) is 0 Å². The van der Waals surface area contributed by atoms with Crippen LogP contribution in [0.15, 0.2) is 0 Å². The first-order valence-corrected chi connectivity index (χ1v) is 5.92. The Morgan fingerprint density at radius 3 is 2.19 bits per heavy atom. The van der Waals surface area contributed by atoms with Crippen LogP contribution in [0.25, 0.3) is 0 Å². The zero-order valence-electron chi connectivity index (χ0n) is 10.4. The standard InChI is InChI=1S/C12H24O4/c1-12(2,11(14)15)7-3-5-9-16-10-6-4-8-13/h13H,3-10H2,1-2H3,(H,14,15). The minimum atomic E-state index is -0.739. The van der Waals surface area contributed by atoms with Gasteiger partial charge in [0, 0.05) is 19.8 Å². The number of aliphatic hydroxyl groups excluding tert-OH is 1. The molecule has 0 aromatic rings. The lowest BCUT2D eigenvalue weighted by Gasteiger charge is -2.18. The minimum Gasteiger partial charge on any atom is -0.481 e. The molecule has 2 N–H and O–H groups in total. The fourth-order valence-electron chi connectivity index (χ4n) is 1.30. The molecule has 0 aliphatic heterocycles. The predicted molar refractivity (Wildman–Crippen MR) is 62.4 cm³/mol. The predicted octanol–water partition coefficient (Wildman–Crippen LogP) is 2.06. The van der Waals surface area contributed by atoms with Gasteiger partial charge in [-0.25, -0.2) is 0 Å². The summed E-state index contributed by atoms with van der Waals surface area (Å²) in [5.41, 5.74) is -0.628. The van der Waals surface area contributed by atoms with Crippen LogP contribution < -0.4 is 0 Å². The molecule has 0 aromatic carbocycles. The van der Waals surface area contributed by atoms with Gasteiger partial charge in [0.1, 0.15) is 0 Å². The van der Waals surface area contributed by atoms with E-state index >= 15 is 0 Å². The van der Waals surface area contributed by atoms with Crippen LogP contribution in [0.5, 0.6) is 0 Å². The molecule has 0 saturated carbocycles. The summed E-state index contributed by atoms with van der Waals surface area (Å²) >= 11 is 0. The Labute approximate surface area is 97.6 Å². The Balaban J connectivity index is 3.30. The first-order chi connectivity index (χ1) is 7.50. The second-order valence-corrected chi connectivity index (χ2v) is 4.69. The average molecular weight is 232 g/mol. The van der Waals surface area contributed by atoms with Crippen molar-refractivity contribution in [3.05, 3.63) is 0 Å². The quantitative estimate of drug-likeness (QED) is 0.566. The maximum absolute atomic E-state index is 10.8. The van der Waals surface area contributed by atoms with E-state index in [1.807, 2.05) is 0 Å². The minimum absolute atomic E-state index is 0.218. The van der Waals surface area contributed by atoms with Gasteiger partial charge in [-0.2, -0.15) is 0 Å². The largest absolute Gasteiger partial charge is 0.481 e. The molecule has 0 atom stereocenters. The van der Waals surface area contributed by atoms with E-state index in [1.54, 1.807) is 13.8 Å². The molecule has 4 heteroatoms. The smallest absolute Gasteiger partial charge is 0.309 e. The summed E-state index contributed by atoms with van der Waals surface area (Å²) in [4.78, 5) is 10.8. The van der Waals surface area contributed by atoms with Crippen molar-refractivity contribution in [3.8, 4) is 0 Å². The van der Waals surface area contributed by atoms with Crippen molar-refractivity contribution in [3.63, 3.8) is 0 Å². The number of carboxylic acid groups (broad SMARTS) is 1. The lowest BCUT2D eigenvalue weighted by atomic mass is 9.87. The monoisotopic (exact) mass is 232 g/mol. The van der Waals surface area contributed by atoms with E-state index < -0.39 is 11.4 Å². The van der Waals surface area contributed by atoms with Crippen molar-refractivity contribution in [2.24, 2.45) is 5.41 Å². The first kappa shape index (κ1) is 15.4. The molecule has 0 unspecified atom stereocenters. The highest BCUT2D eigenvalue weighted by Crippen LogP contribution is 2.23. The number of aliphatic carboxylic acids is 1. The van der Waals surface area contributed by atoms with E-state index in [9.17, 15) is 4.79 Å². The third-order valence-corrected chi connectivity index (χ3v) is 2.62. The molecule has 0 aliphatic carbocycles. The van der Waals surface area contributed by atoms with Crippen LogP contribution in [0.1, 0.15) is 46.0 Å². The molecule has 4 nitrogen and oxygen atoms in total. The molecule has 0 rings (SSSR count). The number of carboxylic acids is 1. The highest BCUT2D eigenvalue weighted by molar-refractivity contribution is 5.73. The Morgan fingerprint density at radius 2 is 1.69 bits per heavy atom. The van der Waals surface area contributed by atoms with Crippen LogP contribution in [0.2, 0.25) is 0 Å². The molecule has 0 heterocycles. The van der Waals surface area contributed by atoms with Crippen LogP contribution in [-0.2, 0) is 9.53 Å². The number of unbranched alkanes of at least 4 members (excludes halogenated alkanes) is 2. The van der Waals surface area contributed by atoms with Gasteiger partial charge in [-0.15, -0.1) is 0 Å². The lowest BCUT2D eigenvalue weighted by Crippen LogP contribution is -2.23. The van der Waals surface area contributed by atoms with E-state index in [0.29, 0.717) is 19.6 Å². The van der Waals surface area contributed by atoms with Gasteiger partial charge in [0.2, 0.25) is 0 Å². The molecule has 96 valence electrons. The van der Waals surface area contributed by atoms with Crippen molar-refractivity contribution in [1.29, 1.82) is 0 Å². The number of hydrogen-bond donors (Lipinski definition) is 2. The van der Waals surface area contributed by atoms with E-state index in [0.717, 1.165) is 25.7 Å². The fraction of sp³-hybridized carbons (Fsp3) is 0.917. The maximum Gasteiger partial charge on any atom is 0.309 e. The number of rotatable bonds is 10. The van der Waals surface area contributed by atoms with Gasteiger partial charge < -0.3 is 14.9 Å². The maximum atomic E-state index is 10.8. The summed E-state index contributed by atoms with van der Waals surface area (Å²) in [6.45, 7) is 5.08. The fourth-order valence-corrected chi connectivity index (χ4v) is 1.30. The normalized spacial score (nSPS) is 11.7. The van der Waals surface area contributed by atoms with Crippen LogP contribution >= 0.6 is 0 Å². The third kappa shape index (κ3) is 7.65. The van der Waals surface area contributed by atoms with Gasteiger partial charge in [0.15, 0.2) is 0 Å². The van der Waals surface area contributed by atoms with Gasteiger partial charge >= 0.3 is 5.97 Å². The van der Waals surface area contributed by atoms with Gasteiger partial charge in [-0.3, -0.25) is 4.79 Å². The van der Waals surface area contributed by atoms with Crippen molar-refractivity contribution in [2.75, 3.05) is 19.8 Å². The van der Waals surface area contributed by atoms with Gasteiger partial charge in [-0.05, 0) is 39.5 Å². The summed E-state index contributed by atoms with van der Waals surface area (Å²) in [6, 6.07) is 0. The Kier molecular flexibility index (Phi) is 8.21. The highest BCUT2D eigenvalue weighted by Gasteiger charge is 2.25. The third-order valence-electron chi connectivity index (χ3n) is 2.62. The number of hydrogen-bond acceptors (Lipinski definition) is 3. The van der Waals surface area contributed by atoms with E-state index in [4.69, 9.17) is 14.9 Å². The molecule has 0 saturated heterocycles. The molecule has 0 bridgehead atoms. The van der Waals surface area contributed by atoms with Crippen molar-refractivity contribution < 1.29 is 19.7 Å². The van der Waals surface area contributed by atoms with E-state index in [1.165, 1.54) is 0 Å². The van der Waals surface area contributed by atoms with Gasteiger partial charge in [0.05, 0.1) is 5.41 Å². The molecule has 0 spiro atoms. The highest BCUT2D eigenvalue weighted by atomic mass is 16.5. The number of ether oxygens (including phenoxy) is 1. The number of carbonyl (C=O) groups is 1. The van der Waals surface area contributed by atoms with E-state index in [-0.39, 0.29) is 6.61 Å². The zero-order chi connectivity index (χ0) is 12.4. The molecule has 0 radical (unpaired) electrons. The number of aliphatic hydroxyl groups is 1. The van der Waals surface area contributed by atoms with Crippen LogP contribution in [0, 0.1) is 5.41 Å². The first-order valence-electron chi connectivity index (χ1n) is 5.92. The van der Waals surface area contributed by atoms with Crippen molar-refractivity contribution >= 4 is 5.97 Å². The van der Waals surface area contributed by atoms with Gasteiger partial charge in [0.25, 0.3) is 0 Å². The molecular formula is C12H24O4. The van der Waals surface area contributed by atoms with Gasteiger partial charge in [-0.1, -0.05) is 6.42 Å². The second-order valence-electron chi connectivity index (χ2n) is 4.69. The van der Waals surface area contributed by atoms with Crippen molar-refractivity contribution in [2.45, 2.75) is 46.0 Å². The topological polar surface area (TPSA) is 66.8 Å². The molecule has 16 heavy (non-hydrogen) atoms. The summed E-state index contributed by atoms with van der Waals surface area (Å²) in [6.07, 6.45) is 4.13. The Hall–Kier alpha value is -0.610. The Bertz CT molecular complexity index is 189. The molecule has 0 aliphatic rings. The zero-order valence-corrected chi connectivity index (χ0v) is 10.4. The van der Waals surface area contributed by atoms with Crippen molar-refractivity contribution in [1.82, 2.24) is 0 Å². The lowest BCUT2D eigenvalue weighted by molar-refractivity contribution is -0.147. The van der Waals surface area contributed by atoms with Crippen LogP contribution in [-0.4, -0.2) is 36.0 Å². The summed E-state index contributed by atoms with van der Waals surface area (Å²) in [5, 5.41) is 17.4. The van der Waals surface area contributed by atoms with Crippen LogP contribution in [0.3, 0.4) is 0 Å². The SMILES string of the molecule is CC(C)(CCCCOCCCCO)C(=O)O. The molecule has 0 aromatic heterocycles. The molecule has 0 fully saturated rings. The average Bonchev–Trinajstić information content (AvgIpc) is 2.21. The second kappa shape index (κ2) is 8.53. The Morgan fingerprint density at radius 1 is 1.12 bits per heavy atom.